The standard InChI is InChI=1S/C31H29N3O/c1-2-7-29-26(6-1)31(27-11-10-22(17-30(27)35-29)21-12-15-32-16-13-21)34-19-23-8-9-24(20-34)28(23)18-25-5-3-4-14-33-25/h1-7,10-17,23-24,28,31H,8-9,18-20H2. The van der Waals surface area contributed by atoms with Gasteiger partial charge in [0.25, 0.3) is 0 Å². The maximum atomic E-state index is 6.48. The van der Waals surface area contributed by atoms with Crippen LogP contribution >= 0.6 is 0 Å². The van der Waals surface area contributed by atoms with Crippen LogP contribution in [0, 0.1) is 17.8 Å². The number of ether oxygens (including phenoxy) is 1. The molecule has 1 saturated carbocycles. The van der Waals surface area contributed by atoms with Crippen LogP contribution in [0.5, 0.6) is 11.5 Å². The van der Waals surface area contributed by atoms with E-state index in [-0.39, 0.29) is 6.04 Å². The molecule has 174 valence electrons. The molecule has 1 saturated heterocycles. The predicted molar refractivity (Wildman–Crippen MR) is 137 cm³/mol. The summed E-state index contributed by atoms with van der Waals surface area (Å²) in [6.07, 6.45) is 9.40. The summed E-state index contributed by atoms with van der Waals surface area (Å²) in [6, 6.07) is 26.0. The number of fused-ring (bicyclic) bond motifs is 4. The van der Waals surface area contributed by atoms with Crippen molar-refractivity contribution in [2.45, 2.75) is 25.3 Å². The lowest BCUT2D eigenvalue weighted by atomic mass is 9.80. The molecule has 2 aromatic carbocycles. The first-order valence-electron chi connectivity index (χ1n) is 12.8. The molecular weight excluding hydrogens is 430 g/mol. The molecule has 2 bridgehead atoms. The fourth-order valence-electron chi connectivity index (χ4n) is 6.73. The fourth-order valence-corrected chi connectivity index (χ4v) is 6.73. The van der Waals surface area contributed by atoms with E-state index in [9.17, 15) is 0 Å². The third-order valence-electron chi connectivity index (χ3n) is 8.35. The third-order valence-corrected chi connectivity index (χ3v) is 8.35. The van der Waals surface area contributed by atoms with Gasteiger partial charge in [0.2, 0.25) is 0 Å². The summed E-state index contributed by atoms with van der Waals surface area (Å²) in [5.74, 6) is 4.16. The summed E-state index contributed by atoms with van der Waals surface area (Å²) in [4.78, 5) is 11.5. The summed E-state index contributed by atoms with van der Waals surface area (Å²) in [5.41, 5.74) is 6.14. The molecule has 0 radical (unpaired) electrons. The van der Waals surface area contributed by atoms with Gasteiger partial charge in [-0.25, -0.2) is 0 Å². The van der Waals surface area contributed by atoms with Crippen LogP contribution in [-0.4, -0.2) is 28.0 Å². The van der Waals surface area contributed by atoms with Gasteiger partial charge in [-0.05, 0) is 84.5 Å². The van der Waals surface area contributed by atoms with Crippen LogP contribution in [0.3, 0.4) is 0 Å². The largest absolute Gasteiger partial charge is 0.457 e. The van der Waals surface area contributed by atoms with Gasteiger partial charge in [-0.15, -0.1) is 0 Å². The van der Waals surface area contributed by atoms with Crippen LogP contribution in [0.4, 0.5) is 0 Å². The second-order valence-electron chi connectivity index (χ2n) is 10.3. The fraction of sp³-hybridized carbons (Fsp3) is 0.290. The Kier molecular flexibility index (Phi) is 5.13. The molecule has 4 heterocycles. The molecule has 4 nitrogen and oxygen atoms in total. The highest BCUT2D eigenvalue weighted by Crippen LogP contribution is 2.51. The number of likely N-dealkylation sites (tertiary alicyclic amines) is 1. The maximum absolute atomic E-state index is 6.48. The monoisotopic (exact) mass is 459 g/mol. The molecule has 4 heteroatoms. The van der Waals surface area contributed by atoms with E-state index in [1.807, 2.05) is 24.7 Å². The summed E-state index contributed by atoms with van der Waals surface area (Å²) >= 11 is 0. The van der Waals surface area contributed by atoms with Crippen molar-refractivity contribution in [1.82, 2.24) is 14.9 Å². The van der Waals surface area contributed by atoms with Gasteiger partial charge in [-0.2, -0.15) is 0 Å². The van der Waals surface area contributed by atoms with Crippen LogP contribution in [-0.2, 0) is 6.42 Å². The quantitative estimate of drug-likeness (QED) is 0.347. The van der Waals surface area contributed by atoms with Crippen molar-refractivity contribution in [3.8, 4) is 22.6 Å². The Morgan fingerprint density at radius 1 is 0.743 bits per heavy atom. The van der Waals surface area contributed by atoms with Gasteiger partial charge in [-0.1, -0.05) is 36.4 Å². The number of hydrogen-bond acceptors (Lipinski definition) is 4. The van der Waals surface area contributed by atoms with Crippen LogP contribution in [0.2, 0.25) is 0 Å². The van der Waals surface area contributed by atoms with Crippen molar-refractivity contribution in [1.29, 1.82) is 0 Å². The SMILES string of the molecule is c1ccc(CC2C3CCC2CN(C2c4ccccc4Oc4cc(-c5ccncc5)ccc42)C3)nc1. The maximum Gasteiger partial charge on any atom is 0.133 e. The number of para-hydroxylation sites is 1. The molecule has 2 aromatic heterocycles. The summed E-state index contributed by atoms with van der Waals surface area (Å²) in [7, 11) is 0. The number of aromatic nitrogens is 2. The normalized spacial score (nSPS) is 24.9. The lowest BCUT2D eigenvalue weighted by Crippen LogP contribution is -2.45. The number of piperidine rings is 1. The van der Waals surface area contributed by atoms with E-state index in [1.54, 1.807) is 0 Å². The molecule has 4 aromatic rings. The molecule has 0 N–H and O–H groups in total. The van der Waals surface area contributed by atoms with Gasteiger partial charge in [0.05, 0.1) is 6.04 Å². The minimum Gasteiger partial charge on any atom is -0.457 e. The van der Waals surface area contributed by atoms with Gasteiger partial charge < -0.3 is 4.74 Å². The van der Waals surface area contributed by atoms with Crippen molar-refractivity contribution in [3.05, 3.63) is 108 Å². The minimum absolute atomic E-state index is 0.236. The summed E-state index contributed by atoms with van der Waals surface area (Å²) in [6.45, 7) is 2.27. The summed E-state index contributed by atoms with van der Waals surface area (Å²) in [5, 5.41) is 0. The van der Waals surface area contributed by atoms with Crippen LogP contribution in [0.1, 0.15) is 35.7 Å². The molecule has 0 amide bonds. The van der Waals surface area contributed by atoms with Crippen LogP contribution in [0.25, 0.3) is 11.1 Å². The Morgan fingerprint density at radius 2 is 1.51 bits per heavy atom. The predicted octanol–water partition coefficient (Wildman–Crippen LogP) is 6.54. The number of hydrogen-bond donors (Lipinski definition) is 0. The smallest absolute Gasteiger partial charge is 0.133 e. The zero-order chi connectivity index (χ0) is 23.2. The average molecular weight is 460 g/mol. The summed E-state index contributed by atoms with van der Waals surface area (Å²) < 4.78 is 6.48. The van der Waals surface area contributed by atoms with Gasteiger partial charge >= 0.3 is 0 Å². The average Bonchev–Trinajstić information content (AvgIpc) is 3.14. The second kappa shape index (κ2) is 8.62. The van der Waals surface area contributed by atoms with Gasteiger partial charge in [0.1, 0.15) is 11.5 Å². The van der Waals surface area contributed by atoms with E-state index in [0.29, 0.717) is 0 Å². The zero-order valence-corrected chi connectivity index (χ0v) is 19.8. The first-order chi connectivity index (χ1) is 17.3. The van der Waals surface area contributed by atoms with E-state index in [0.717, 1.165) is 54.3 Å². The van der Waals surface area contributed by atoms with Crippen LogP contribution < -0.4 is 4.74 Å². The van der Waals surface area contributed by atoms with Crippen molar-refractivity contribution in [3.63, 3.8) is 0 Å². The Hall–Kier alpha value is -3.50. The Morgan fingerprint density at radius 3 is 2.31 bits per heavy atom. The molecular formula is C31H29N3O. The van der Waals surface area contributed by atoms with E-state index < -0.39 is 0 Å². The molecule has 3 atom stereocenters. The Labute approximate surface area is 206 Å². The van der Waals surface area contributed by atoms with E-state index >= 15 is 0 Å². The lowest BCUT2D eigenvalue weighted by molar-refractivity contribution is 0.0809. The van der Waals surface area contributed by atoms with Gasteiger partial charge in [0.15, 0.2) is 0 Å². The van der Waals surface area contributed by atoms with Crippen molar-refractivity contribution >= 4 is 0 Å². The lowest BCUT2D eigenvalue weighted by Gasteiger charge is -2.44. The minimum atomic E-state index is 0.236. The highest BCUT2D eigenvalue weighted by molar-refractivity contribution is 5.67. The molecule has 3 unspecified atom stereocenters. The Bertz CT molecular complexity index is 1330. The first kappa shape index (κ1) is 20.8. The van der Waals surface area contributed by atoms with E-state index in [1.165, 1.54) is 35.2 Å². The van der Waals surface area contributed by atoms with Gasteiger partial charge in [0, 0.05) is 48.5 Å². The molecule has 7 rings (SSSR count). The number of pyridine rings is 2. The molecule has 0 spiro atoms. The molecule has 2 aliphatic heterocycles. The molecule has 2 fully saturated rings. The topological polar surface area (TPSA) is 38.2 Å². The number of benzene rings is 2. The zero-order valence-electron chi connectivity index (χ0n) is 19.8. The molecule has 3 aliphatic rings. The van der Waals surface area contributed by atoms with Crippen LogP contribution in [0.15, 0.2) is 91.4 Å². The molecule has 35 heavy (non-hydrogen) atoms. The highest BCUT2D eigenvalue weighted by Gasteiger charge is 2.45. The highest BCUT2D eigenvalue weighted by atomic mass is 16.5. The Balaban J connectivity index is 1.22. The van der Waals surface area contributed by atoms with Crippen molar-refractivity contribution < 1.29 is 4.74 Å². The van der Waals surface area contributed by atoms with Crippen molar-refractivity contribution in [2.75, 3.05) is 13.1 Å². The third kappa shape index (κ3) is 3.73. The number of nitrogens with zero attached hydrogens (tertiary/aromatic N) is 3. The second-order valence-corrected chi connectivity index (χ2v) is 10.3. The first-order valence-corrected chi connectivity index (χ1v) is 12.8. The van der Waals surface area contributed by atoms with Gasteiger partial charge in [-0.3, -0.25) is 14.9 Å². The molecule has 1 aliphatic carbocycles. The number of rotatable bonds is 4. The van der Waals surface area contributed by atoms with E-state index in [2.05, 4.69) is 81.6 Å². The van der Waals surface area contributed by atoms with E-state index in [4.69, 9.17) is 4.74 Å². The van der Waals surface area contributed by atoms with Crippen molar-refractivity contribution in [2.24, 2.45) is 17.8 Å².